The van der Waals surface area contributed by atoms with E-state index in [0.717, 1.165) is 49.8 Å². The second kappa shape index (κ2) is 9.80. The maximum absolute atomic E-state index is 13.2. The van der Waals surface area contributed by atoms with Crippen LogP contribution in [0.5, 0.6) is 0 Å². The Bertz CT molecular complexity index is 740. The first-order chi connectivity index (χ1) is 13.6. The minimum absolute atomic E-state index is 0.0663. The molecule has 0 aliphatic carbocycles. The number of anilines is 2. The lowest BCUT2D eigenvalue weighted by molar-refractivity contribution is 0.161. The van der Waals surface area contributed by atoms with Gasteiger partial charge in [0.15, 0.2) is 0 Å². The van der Waals surface area contributed by atoms with E-state index in [1.165, 1.54) is 12.1 Å². The van der Waals surface area contributed by atoms with Crippen molar-refractivity contribution in [1.82, 2.24) is 14.9 Å². The van der Waals surface area contributed by atoms with E-state index in [-0.39, 0.29) is 12.4 Å². The van der Waals surface area contributed by atoms with Gasteiger partial charge in [0.05, 0.1) is 6.61 Å². The summed E-state index contributed by atoms with van der Waals surface area (Å²) in [5.74, 6) is 1.92. The van der Waals surface area contributed by atoms with Gasteiger partial charge in [-0.2, -0.15) is 0 Å². The SMILES string of the molecule is CC(C)C1CN(c2cc(NCCO)ncn2)CCCN1Cc1ccc(F)cc1. The number of aromatic nitrogens is 2. The standard InChI is InChI=1S/C21H30FN5O/c1-16(2)19-14-27(21-12-20(23-8-11-28)24-15-25-21)10-3-9-26(19)13-17-4-6-18(22)7-5-17/h4-7,12,15-16,19,28H,3,8-11,13-14H2,1-2H3,(H,23,24,25). The van der Waals surface area contributed by atoms with Gasteiger partial charge in [-0.3, -0.25) is 4.90 Å². The zero-order valence-electron chi connectivity index (χ0n) is 16.7. The Kier molecular flexibility index (Phi) is 7.17. The van der Waals surface area contributed by atoms with Gasteiger partial charge >= 0.3 is 0 Å². The minimum Gasteiger partial charge on any atom is -0.395 e. The molecule has 1 aliphatic heterocycles. The highest BCUT2D eigenvalue weighted by atomic mass is 19.1. The zero-order valence-corrected chi connectivity index (χ0v) is 16.7. The molecule has 28 heavy (non-hydrogen) atoms. The van der Waals surface area contributed by atoms with Crippen LogP contribution in [0.2, 0.25) is 0 Å². The summed E-state index contributed by atoms with van der Waals surface area (Å²) < 4.78 is 13.2. The largest absolute Gasteiger partial charge is 0.395 e. The number of aliphatic hydroxyl groups is 1. The minimum atomic E-state index is -0.194. The molecule has 1 saturated heterocycles. The van der Waals surface area contributed by atoms with Crippen LogP contribution >= 0.6 is 0 Å². The number of nitrogens with one attached hydrogen (secondary N) is 1. The lowest BCUT2D eigenvalue weighted by atomic mass is 10.0. The highest BCUT2D eigenvalue weighted by molar-refractivity contribution is 5.48. The molecule has 0 radical (unpaired) electrons. The lowest BCUT2D eigenvalue weighted by Crippen LogP contribution is -2.44. The van der Waals surface area contributed by atoms with Gasteiger partial charge in [-0.1, -0.05) is 26.0 Å². The molecule has 7 heteroatoms. The van der Waals surface area contributed by atoms with Crippen LogP contribution in [-0.2, 0) is 6.54 Å². The Hall–Kier alpha value is -2.25. The second-order valence-electron chi connectivity index (χ2n) is 7.62. The van der Waals surface area contributed by atoms with E-state index in [1.54, 1.807) is 6.33 Å². The highest BCUT2D eigenvalue weighted by Gasteiger charge is 2.28. The summed E-state index contributed by atoms with van der Waals surface area (Å²) in [4.78, 5) is 13.5. The molecule has 2 heterocycles. The maximum Gasteiger partial charge on any atom is 0.134 e. The van der Waals surface area contributed by atoms with E-state index in [0.29, 0.717) is 18.5 Å². The van der Waals surface area contributed by atoms with Gasteiger partial charge < -0.3 is 15.3 Å². The van der Waals surface area contributed by atoms with E-state index in [2.05, 4.69) is 38.9 Å². The molecule has 3 rings (SSSR count). The van der Waals surface area contributed by atoms with E-state index in [4.69, 9.17) is 5.11 Å². The van der Waals surface area contributed by atoms with Gasteiger partial charge in [0.2, 0.25) is 0 Å². The van der Waals surface area contributed by atoms with Crippen molar-refractivity contribution in [2.24, 2.45) is 5.92 Å². The fourth-order valence-corrected chi connectivity index (χ4v) is 3.72. The molecule has 1 aromatic carbocycles. The topological polar surface area (TPSA) is 64.5 Å². The smallest absolute Gasteiger partial charge is 0.134 e. The summed E-state index contributed by atoms with van der Waals surface area (Å²) in [5, 5.41) is 12.1. The quantitative estimate of drug-likeness (QED) is 0.762. The molecule has 6 nitrogen and oxygen atoms in total. The number of aliphatic hydroxyl groups excluding tert-OH is 1. The highest BCUT2D eigenvalue weighted by Crippen LogP contribution is 2.24. The molecule has 1 unspecified atom stereocenters. The van der Waals surface area contributed by atoms with Gasteiger partial charge in [-0.25, -0.2) is 14.4 Å². The molecule has 1 aliphatic rings. The Balaban J connectivity index is 1.74. The molecule has 2 aromatic rings. The van der Waals surface area contributed by atoms with Crippen molar-refractivity contribution in [3.05, 3.63) is 48.0 Å². The number of halogens is 1. The van der Waals surface area contributed by atoms with Gasteiger partial charge in [-0.05, 0) is 30.0 Å². The molecule has 0 saturated carbocycles. The van der Waals surface area contributed by atoms with Crippen LogP contribution in [-0.4, -0.2) is 58.8 Å². The fraction of sp³-hybridized carbons (Fsp3) is 0.524. The number of rotatable bonds is 7. The molecular weight excluding hydrogens is 357 g/mol. The zero-order chi connectivity index (χ0) is 19.9. The molecular formula is C21H30FN5O. The molecule has 0 bridgehead atoms. The summed E-state index contributed by atoms with van der Waals surface area (Å²) in [6, 6.07) is 9.13. The number of nitrogens with zero attached hydrogens (tertiary/aromatic N) is 4. The molecule has 2 N–H and O–H groups in total. The van der Waals surface area contributed by atoms with Crippen LogP contribution in [0, 0.1) is 11.7 Å². The average Bonchev–Trinajstić information content (AvgIpc) is 2.91. The Morgan fingerprint density at radius 2 is 2.00 bits per heavy atom. The molecule has 1 fully saturated rings. The van der Waals surface area contributed by atoms with E-state index < -0.39 is 0 Å². The Morgan fingerprint density at radius 1 is 1.21 bits per heavy atom. The van der Waals surface area contributed by atoms with Crippen molar-refractivity contribution in [1.29, 1.82) is 0 Å². The van der Waals surface area contributed by atoms with Crippen LogP contribution in [0.15, 0.2) is 36.7 Å². The third-order valence-electron chi connectivity index (χ3n) is 5.21. The third-order valence-corrected chi connectivity index (χ3v) is 5.21. The number of hydrogen-bond acceptors (Lipinski definition) is 6. The van der Waals surface area contributed by atoms with Crippen LogP contribution in [0.25, 0.3) is 0 Å². The van der Waals surface area contributed by atoms with Crippen LogP contribution in [0.4, 0.5) is 16.0 Å². The number of benzene rings is 1. The third kappa shape index (κ3) is 5.39. The van der Waals surface area contributed by atoms with Crippen molar-refractivity contribution in [3.8, 4) is 0 Å². The van der Waals surface area contributed by atoms with Crippen molar-refractivity contribution in [2.75, 3.05) is 43.0 Å². The van der Waals surface area contributed by atoms with Crippen molar-refractivity contribution < 1.29 is 9.50 Å². The van der Waals surface area contributed by atoms with Crippen molar-refractivity contribution in [3.63, 3.8) is 0 Å². The first-order valence-electron chi connectivity index (χ1n) is 9.97. The van der Waals surface area contributed by atoms with E-state index >= 15 is 0 Å². The normalized spacial score (nSPS) is 18.3. The predicted molar refractivity (Wildman–Crippen MR) is 110 cm³/mol. The van der Waals surface area contributed by atoms with Crippen LogP contribution in [0.1, 0.15) is 25.8 Å². The average molecular weight is 388 g/mol. The van der Waals surface area contributed by atoms with Gasteiger partial charge in [0.25, 0.3) is 0 Å². The predicted octanol–water partition coefficient (Wildman–Crippen LogP) is 2.76. The van der Waals surface area contributed by atoms with Crippen LogP contribution in [0.3, 0.4) is 0 Å². The maximum atomic E-state index is 13.2. The van der Waals surface area contributed by atoms with E-state index in [1.807, 2.05) is 18.2 Å². The summed E-state index contributed by atoms with van der Waals surface area (Å²) in [7, 11) is 0. The Morgan fingerprint density at radius 3 is 2.71 bits per heavy atom. The summed E-state index contributed by atoms with van der Waals surface area (Å²) in [5.41, 5.74) is 1.14. The lowest BCUT2D eigenvalue weighted by Gasteiger charge is -2.35. The van der Waals surface area contributed by atoms with Gasteiger partial charge in [0, 0.05) is 44.8 Å². The first-order valence-corrected chi connectivity index (χ1v) is 9.97. The second-order valence-corrected chi connectivity index (χ2v) is 7.62. The van der Waals surface area contributed by atoms with Gasteiger partial charge in [-0.15, -0.1) is 0 Å². The molecule has 0 spiro atoms. The monoisotopic (exact) mass is 387 g/mol. The van der Waals surface area contributed by atoms with Crippen molar-refractivity contribution >= 4 is 11.6 Å². The Labute approximate surface area is 166 Å². The molecule has 152 valence electrons. The fourth-order valence-electron chi connectivity index (χ4n) is 3.72. The molecule has 1 aromatic heterocycles. The van der Waals surface area contributed by atoms with Crippen LogP contribution < -0.4 is 10.2 Å². The summed E-state index contributed by atoms with van der Waals surface area (Å²) >= 11 is 0. The van der Waals surface area contributed by atoms with Crippen molar-refractivity contribution in [2.45, 2.75) is 32.9 Å². The number of hydrogen-bond donors (Lipinski definition) is 2. The summed E-state index contributed by atoms with van der Waals surface area (Å²) in [6.07, 6.45) is 2.61. The van der Waals surface area contributed by atoms with E-state index in [9.17, 15) is 4.39 Å². The first kappa shape index (κ1) is 20.5. The van der Waals surface area contributed by atoms with Gasteiger partial charge in [0.1, 0.15) is 23.8 Å². The molecule has 1 atom stereocenters. The summed E-state index contributed by atoms with van der Waals surface area (Å²) in [6.45, 7) is 8.67. The molecule has 0 amide bonds.